The maximum Gasteiger partial charge on any atom is 0.326 e. The third kappa shape index (κ3) is 2.22. The number of halogens is 2. The summed E-state index contributed by atoms with van der Waals surface area (Å²) in [6.45, 7) is -0.553. The van der Waals surface area contributed by atoms with E-state index in [4.69, 9.17) is 9.84 Å². The van der Waals surface area contributed by atoms with Gasteiger partial charge in [-0.3, -0.25) is 9.78 Å². The number of aromatic nitrogens is 2. The number of rotatable bonds is 2. The van der Waals surface area contributed by atoms with E-state index in [-0.39, 0.29) is 9.26 Å². The molecule has 0 amide bonds. The van der Waals surface area contributed by atoms with Crippen molar-refractivity contribution in [2.45, 2.75) is 24.5 Å². The molecule has 2 heterocycles. The summed E-state index contributed by atoms with van der Waals surface area (Å²) < 4.78 is 19.0. The van der Waals surface area contributed by atoms with Gasteiger partial charge in [-0.05, 0) is 22.6 Å². The number of aromatic amines is 2. The average molecular weight is 372 g/mol. The van der Waals surface area contributed by atoms with Crippen LogP contribution in [-0.4, -0.2) is 45.2 Å². The van der Waals surface area contributed by atoms with Crippen LogP contribution in [0.25, 0.3) is 0 Å². The lowest BCUT2D eigenvalue weighted by Crippen LogP contribution is -2.31. The summed E-state index contributed by atoms with van der Waals surface area (Å²) in [6.07, 6.45) is -5.69. The van der Waals surface area contributed by atoms with Crippen LogP contribution in [0.2, 0.25) is 0 Å². The van der Waals surface area contributed by atoms with Gasteiger partial charge >= 0.3 is 5.69 Å². The Morgan fingerprint density at radius 3 is 2.61 bits per heavy atom. The van der Waals surface area contributed by atoms with Gasteiger partial charge in [0.05, 0.1) is 12.3 Å². The molecule has 7 nitrogen and oxygen atoms in total. The number of hydrogen-bond donors (Lipinski definition) is 4. The van der Waals surface area contributed by atoms with Gasteiger partial charge in [0.1, 0.15) is 21.9 Å². The molecule has 9 heteroatoms. The van der Waals surface area contributed by atoms with Crippen LogP contribution in [0, 0.1) is 3.57 Å². The molecule has 100 valence electrons. The minimum atomic E-state index is -1.83. The lowest BCUT2D eigenvalue weighted by molar-refractivity contribution is -0.0240. The number of nitrogens with one attached hydrogen (secondary N) is 2. The highest BCUT2D eigenvalue weighted by Crippen LogP contribution is 2.35. The maximum atomic E-state index is 13.8. The highest BCUT2D eigenvalue weighted by Gasteiger charge is 2.45. The second-order valence-corrected chi connectivity index (χ2v) is 4.93. The Bertz CT molecular complexity index is 559. The summed E-state index contributed by atoms with van der Waals surface area (Å²) in [5.41, 5.74) is -1.48. The summed E-state index contributed by atoms with van der Waals surface area (Å²) >= 11 is 1.64. The molecule has 0 aromatic carbocycles. The Labute approximate surface area is 113 Å². The standard InChI is InChI=1S/C9H10FIN2O5/c10-3-6(15)2(1-14)18-7(3)5-4(11)8(16)13-9(17)12-5/h2-3,6-7,14-15H,1H2,(H2,12,13,16,17)/t2-,3+,6-,7-/m1/s1. The van der Waals surface area contributed by atoms with Crippen molar-refractivity contribution < 1.29 is 19.3 Å². The van der Waals surface area contributed by atoms with Crippen molar-refractivity contribution >= 4 is 22.6 Å². The molecule has 1 aromatic rings. The molecule has 0 unspecified atom stereocenters. The molecule has 0 spiro atoms. The second kappa shape index (κ2) is 5.07. The summed E-state index contributed by atoms with van der Waals surface area (Å²) in [5, 5.41) is 18.4. The smallest absolute Gasteiger partial charge is 0.326 e. The van der Waals surface area contributed by atoms with E-state index in [1.54, 1.807) is 22.6 Å². The molecular formula is C9H10FIN2O5. The van der Waals surface area contributed by atoms with Gasteiger partial charge in [-0.2, -0.15) is 0 Å². The average Bonchev–Trinajstić information content (AvgIpc) is 2.61. The van der Waals surface area contributed by atoms with E-state index in [0.29, 0.717) is 0 Å². The van der Waals surface area contributed by atoms with Crippen molar-refractivity contribution in [2.75, 3.05) is 6.61 Å². The quantitative estimate of drug-likeness (QED) is 0.487. The fourth-order valence-corrected chi connectivity index (χ4v) is 2.37. The van der Waals surface area contributed by atoms with Crippen molar-refractivity contribution in [1.82, 2.24) is 9.97 Å². The summed E-state index contributed by atoms with van der Waals surface area (Å²) in [7, 11) is 0. The first-order valence-corrected chi connectivity index (χ1v) is 6.14. The Hall–Kier alpha value is -0.780. The number of alkyl halides is 1. The van der Waals surface area contributed by atoms with E-state index in [1.165, 1.54) is 0 Å². The summed E-state index contributed by atoms with van der Waals surface area (Å²) in [6, 6.07) is 0. The van der Waals surface area contributed by atoms with E-state index in [9.17, 15) is 19.1 Å². The fraction of sp³-hybridized carbons (Fsp3) is 0.556. The van der Waals surface area contributed by atoms with Crippen molar-refractivity contribution in [3.8, 4) is 0 Å². The van der Waals surface area contributed by atoms with Gasteiger partial charge in [0.2, 0.25) is 0 Å². The molecule has 4 atom stereocenters. The lowest BCUT2D eigenvalue weighted by Gasteiger charge is -2.13. The highest BCUT2D eigenvalue weighted by atomic mass is 127. The zero-order valence-corrected chi connectivity index (χ0v) is 11.0. The van der Waals surface area contributed by atoms with E-state index in [1.807, 2.05) is 4.98 Å². The van der Waals surface area contributed by atoms with E-state index in [0.717, 1.165) is 0 Å². The van der Waals surface area contributed by atoms with Gasteiger partial charge in [0.15, 0.2) is 6.17 Å². The van der Waals surface area contributed by atoms with Gasteiger partial charge in [-0.25, -0.2) is 9.18 Å². The predicted octanol–water partition coefficient (Wildman–Crippen LogP) is -1.20. The molecule has 1 aromatic heterocycles. The third-order valence-electron chi connectivity index (χ3n) is 2.69. The first kappa shape index (κ1) is 13.6. The molecule has 1 aliphatic rings. The Morgan fingerprint density at radius 1 is 1.39 bits per heavy atom. The van der Waals surface area contributed by atoms with Crippen molar-refractivity contribution in [3.63, 3.8) is 0 Å². The first-order chi connectivity index (χ1) is 8.45. The summed E-state index contributed by atoms with van der Waals surface area (Å²) in [4.78, 5) is 26.8. The number of aliphatic hydroxyl groups is 2. The lowest BCUT2D eigenvalue weighted by atomic mass is 10.1. The fourth-order valence-electron chi connectivity index (χ4n) is 1.79. The van der Waals surface area contributed by atoms with Crippen LogP contribution in [-0.2, 0) is 4.74 Å². The minimum Gasteiger partial charge on any atom is -0.394 e. The van der Waals surface area contributed by atoms with Crippen LogP contribution >= 0.6 is 22.6 Å². The second-order valence-electron chi connectivity index (χ2n) is 3.85. The van der Waals surface area contributed by atoms with Gasteiger partial charge in [-0.1, -0.05) is 0 Å². The molecule has 1 fully saturated rings. The van der Waals surface area contributed by atoms with Crippen LogP contribution in [0.15, 0.2) is 9.59 Å². The van der Waals surface area contributed by atoms with Crippen LogP contribution in [0.4, 0.5) is 4.39 Å². The molecule has 18 heavy (non-hydrogen) atoms. The zero-order valence-electron chi connectivity index (χ0n) is 8.89. The predicted molar refractivity (Wildman–Crippen MR) is 66.0 cm³/mol. The van der Waals surface area contributed by atoms with Crippen molar-refractivity contribution in [1.29, 1.82) is 0 Å². The maximum absolute atomic E-state index is 13.8. The first-order valence-electron chi connectivity index (χ1n) is 5.06. The Morgan fingerprint density at radius 2 is 2.06 bits per heavy atom. The van der Waals surface area contributed by atoms with Crippen LogP contribution < -0.4 is 11.2 Å². The zero-order chi connectivity index (χ0) is 13.4. The van der Waals surface area contributed by atoms with Gasteiger partial charge in [-0.15, -0.1) is 0 Å². The number of hydrogen-bond acceptors (Lipinski definition) is 5. The van der Waals surface area contributed by atoms with E-state index < -0.39 is 42.3 Å². The van der Waals surface area contributed by atoms with Gasteiger partial charge in [0, 0.05) is 0 Å². The molecule has 0 bridgehead atoms. The van der Waals surface area contributed by atoms with Gasteiger partial charge < -0.3 is 19.9 Å². The van der Waals surface area contributed by atoms with E-state index in [2.05, 4.69) is 4.98 Å². The van der Waals surface area contributed by atoms with Crippen LogP contribution in [0.1, 0.15) is 11.8 Å². The Balaban J connectivity index is 2.45. The number of H-pyrrole nitrogens is 2. The van der Waals surface area contributed by atoms with Gasteiger partial charge in [0.25, 0.3) is 5.56 Å². The SMILES string of the molecule is O=c1[nH]c([C@@H]2O[C@H](CO)[C@@H](O)[C@@H]2F)c(I)c(=O)[nH]1. The Kier molecular flexibility index (Phi) is 3.84. The molecule has 0 saturated carbocycles. The normalized spacial score (nSPS) is 31.8. The molecule has 0 aliphatic carbocycles. The topological polar surface area (TPSA) is 115 Å². The molecule has 0 radical (unpaired) electrons. The number of ether oxygens (including phenoxy) is 1. The van der Waals surface area contributed by atoms with Crippen LogP contribution in [0.3, 0.4) is 0 Å². The monoisotopic (exact) mass is 372 g/mol. The molecule has 1 aliphatic heterocycles. The highest BCUT2D eigenvalue weighted by molar-refractivity contribution is 14.1. The largest absolute Gasteiger partial charge is 0.394 e. The molecule has 2 rings (SSSR count). The number of aliphatic hydroxyl groups excluding tert-OH is 2. The van der Waals surface area contributed by atoms with Crippen molar-refractivity contribution in [3.05, 3.63) is 30.1 Å². The van der Waals surface area contributed by atoms with Crippen LogP contribution in [0.5, 0.6) is 0 Å². The summed E-state index contributed by atoms with van der Waals surface area (Å²) in [5.74, 6) is 0. The molecular weight excluding hydrogens is 362 g/mol. The minimum absolute atomic E-state index is 0.0353. The van der Waals surface area contributed by atoms with Crippen molar-refractivity contribution in [2.24, 2.45) is 0 Å². The molecule has 1 saturated heterocycles. The molecule has 4 N–H and O–H groups in total. The third-order valence-corrected chi connectivity index (χ3v) is 3.76. The van der Waals surface area contributed by atoms with E-state index >= 15 is 0 Å².